The van der Waals surface area contributed by atoms with Gasteiger partial charge in [0.1, 0.15) is 0 Å². The van der Waals surface area contributed by atoms with Crippen LogP contribution in [0, 0.1) is 13.8 Å². The van der Waals surface area contributed by atoms with Crippen LogP contribution in [0.5, 0.6) is 0 Å². The Bertz CT molecular complexity index is 1010. The Labute approximate surface area is 171 Å². The maximum Gasteiger partial charge on any atom is 0.257 e. The first-order chi connectivity index (χ1) is 14.1. The van der Waals surface area contributed by atoms with Crippen LogP contribution in [0.2, 0.25) is 0 Å². The minimum Gasteiger partial charge on any atom is -0.372 e. The van der Waals surface area contributed by atoms with Crippen LogP contribution >= 0.6 is 0 Å². The van der Waals surface area contributed by atoms with Gasteiger partial charge in [0.25, 0.3) is 5.91 Å². The lowest BCUT2D eigenvalue weighted by atomic mass is 10.1. The number of rotatable bonds is 5. The lowest BCUT2D eigenvalue weighted by Crippen LogP contribution is -2.17. The van der Waals surface area contributed by atoms with E-state index in [0.29, 0.717) is 5.56 Å². The summed E-state index contributed by atoms with van der Waals surface area (Å²) in [5.41, 5.74) is 6.50. The number of pyridine rings is 1. The molecule has 0 spiro atoms. The van der Waals surface area contributed by atoms with Crippen molar-refractivity contribution < 1.29 is 4.79 Å². The van der Waals surface area contributed by atoms with Gasteiger partial charge in [-0.1, -0.05) is 12.1 Å². The highest BCUT2D eigenvalue weighted by Crippen LogP contribution is 2.24. The van der Waals surface area contributed by atoms with Crippen LogP contribution in [-0.4, -0.2) is 24.0 Å². The largest absolute Gasteiger partial charge is 0.372 e. The number of amides is 1. The van der Waals surface area contributed by atoms with Gasteiger partial charge in [-0.05, 0) is 74.2 Å². The third-order valence-corrected chi connectivity index (χ3v) is 5.27. The average molecular weight is 386 g/mol. The lowest BCUT2D eigenvalue weighted by molar-refractivity contribution is 0.102. The zero-order chi connectivity index (χ0) is 20.2. The topological polar surface area (TPSA) is 57.3 Å². The van der Waals surface area contributed by atoms with Crippen LogP contribution in [-0.2, 0) is 0 Å². The second-order valence-electron chi connectivity index (χ2n) is 7.60. The molecule has 5 heteroatoms. The van der Waals surface area contributed by atoms with Gasteiger partial charge in [-0.15, -0.1) is 0 Å². The molecule has 2 heterocycles. The second kappa shape index (κ2) is 8.35. The number of anilines is 4. The quantitative estimate of drug-likeness (QED) is 0.625. The SMILES string of the molecule is Cc1ccc(C)c(NC(=O)c2cncc(Nc3ccc(N4CCCC4)cc3)c2)c1. The molecule has 3 aromatic rings. The van der Waals surface area contributed by atoms with Crippen molar-refractivity contribution in [3.05, 3.63) is 77.6 Å². The summed E-state index contributed by atoms with van der Waals surface area (Å²) in [5, 5.41) is 6.33. The number of benzene rings is 2. The number of nitrogens with one attached hydrogen (secondary N) is 2. The van der Waals surface area contributed by atoms with Crippen molar-refractivity contribution in [3.63, 3.8) is 0 Å². The fourth-order valence-corrected chi connectivity index (χ4v) is 3.60. The predicted octanol–water partition coefficient (Wildman–Crippen LogP) is 5.29. The van der Waals surface area contributed by atoms with Gasteiger partial charge < -0.3 is 15.5 Å². The molecule has 148 valence electrons. The van der Waals surface area contributed by atoms with Crippen LogP contribution in [0.15, 0.2) is 60.9 Å². The molecule has 0 atom stereocenters. The fourth-order valence-electron chi connectivity index (χ4n) is 3.60. The number of hydrogen-bond acceptors (Lipinski definition) is 4. The Balaban J connectivity index is 1.45. The van der Waals surface area contributed by atoms with E-state index < -0.39 is 0 Å². The molecule has 1 saturated heterocycles. The van der Waals surface area contributed by atoms with E-state index in [9.17, 15) is 4.79 Å². The normalized spacial score (nSPS) is 13.4. The molecule has 1 aliphatic rings. The minimum absolute atomic E-state index is 0.167. The van der Waals surface area contributed by atoms with Gasteiger partial charge in [-0.3, -0.25) is 9.78 Å². The number of nitrogens with zero attached hydrogens (tertiary/aromatic N) is 2. The molecule has 0 bridgehead atoms. The van der Waals surface area contributed by atoms with Gasteiger partial charge in [-0.2, -0.15) is 0 Å². The van der Waals surface area contributed by atoms with Crippen LogP contribution in [0.1, 0.15) is 34.3 Å². The molecule has 0 unspecified atom stereocenters. The molecule has 0 aliphatic carbocycles. The smallest absolute Gasteiger partial charge is 0.257 e. The molecule has 4 rings (SSSR count). The van der Waals surface area contributed by atoms with Crippen molar-refractivity contribution in [2.75, 3.05) is 28.6 Å². The van der Waals surface area contributed by atoms with Crippen molar-refractivity contribution in [2.24, 2.45) is 0 Å². The van der Waals surface area contributed by atoms with Crippen LogP contribution < -0.4 is 15.5 Å². The first-order valence-electron chi connectivity index (χ1n) is 10.0. The Morgan fingerprint density at radius 3 is 2.45 bits per heavy atom. The molecule has 0 radical (unpaired) electrons. The molecule has 1 aliphatic heterocycles. The first kappa shape index (κ1) is 19.0. The third-order valence-electron chi connectivity index (χ3n) is 5.27. The Morgan fingerprint density at radius 2 is 1.69 bits per heavy atom. The zero-order valence-electron chi connectivity index (χ0n) is 16.9. The number of carbonyl (C=O) groups excluding carboxylic acids is 1. The monoisotopic (exact) mass is 386 g/mol. The number of hydrogen-bond donors (Lipinski definition) is 2. The molecule has 1 fully saturated rings. The van der Waals surface area contributed by atoms with Gasteiger partial charge in [0.05, 0.1) is 17.4 Å². The van der Waals surface area contributed by atoms with E-state index in [1.54, 1.807) is 12.4 Å². The van der Waals surface area contributed by atoms with Crippen LogP contribution in [0.4, 0.5) is 22.7 Å². The Kier molecular flexibility index (Phi) is 5.47. The Morgan fingerprint density at radius 1 is 0.931 bits per heavy atom. The van der Waals surface area contributed by atoms with E-state index in [1.807, 2.05) is 38.1 Å². The summed E-state index contributed by atoms with van der Waals surface area (Å²) >= 11 is 0. The van der Waals surface area contributed by atoms with Gasteiger partial charge in [0.15, 0.2) is 0 Å². The maximum absolute atomic E-state index is 12.7. The van der Waals surface area contributed by atoms with E-state index >= 15 is 0 Å². The molecular formula is C24H26N4O. The second-order valence-corrected chi connectivity index (χ2v) is 7.60. The number of aromatic nitrogens is 1. The number of carbonyl (C=O) groups is 1. The summed E-state index contributed by atoms with van der Waals surface area (Å²) in [6.45, 7) is 6.26. The summed E-state index contributed by atoms with van der Waals surface area (Å²) in [4.78, 5) is 19.3. The summed E-state index contributed by atoms with van der Waals surface area (Å²) in [7, 11) is 0. The van der Waals surface area contributed by atoms with Gasteiger partial charge in [-0.25, -0.2) is 0 Å². The molecule has 5 nitrogen and oxygen atoms in total. The van der Waals surface area contributed by atoms with Crippen LogP contribution in [0.25, 0.3) is 0 Å². The molecule has 29 heavy (non-hydrogen) atoms. The summed E-state index contributed by atoms with van der Waals surface area (Å²) in [6.07, 6.45) is 5.84. The fraction of sp³-hybridized carbons (Fsp3) is 0.250. The van der Waals surface area contributed by atoms with Crippen molar-refractivity contribution in [2.45, 2.75) is 26.7 Å². The lowest BCUT2D eigenvalue weighted by Gasteiger charge is -2.18. The molecule has 1 aromatic heterocycles. The minimum atomic E-state index is -0.167. The van der Waals surface area contributed by atoms with E-state index in [2.05, 4.69) is 44.8 Å². The Hall–Kier alpha value is -3.34. The van der Waals surface area contributed by atoms with E-state index in [1.165, 1.54) is 18.5 Å². The standard InChI is InChI=1S/C24H26N4O/c1-17-5-6-18(2)23(13-17)27-24(29)19-14-21(16-25-15-19)26-20-7-9-22(10-8-20)28-11-3-4-12-28/h5-10,13-16,26H,3-4,11-12H2,1-2H3,(H,27,29). The van der Waals surface area contributed by atoms with Crippen molar-refractivity contribution in [3.8, 4) is 0 Å². The summed E-state index contributed by atoms with van der Waals surface area (Å²) in [6, 6.07) is 16.2. The average Bonchev–Trinajstić information content (AvgIpc) is 3.26. The highest BCUT2D eigenvalue weighted by Gasteiger charge is 2.12. The zero-order valence-corrected chi connectivity index (χ0v) is 16.9. The van der Waals surface area contributed by atoms with E-state index in [-0.39, 0.29) is 5.91 Å². The third kappa shape index (κ3) is 4.57. The van der Waals surface area contributed by atoms with Crippen molar-refractivity contribution in [1.29, 1.82) is 0 Å². The van der Waals surface area contributed by atoms with E-state index in [4.69, 9.17) is 0 Å². The molecule has 0 saturated carbocycles. The summed E-state index contributed by atoms with van der Waals surface area (Å²) in [5.74, 6) is -0.167. The predicted molar refractivity (Wildman–Crippen MR) is 119 cm³/mol. The van der Waals surface area contributed by atoms with Gasteiger partial charge >= 0.3 is 0 Å². The molecule has 1 amide bonds. The van der Waals surface area contributed by atoms with Crippen molar-refractivity contribution in [1.82, 2.24) is 4.98 Å². The first-order valence-corrected chi connectivity index (χ1v) is 10.0. The molecular weight excluding hydrogens is 360 g/mol. The van der Waals surface area contributed by atoms with E-state index in [0.717, 1.165) is 41.3 Å². The van der Waals surface area contributed by atoms with Crippen molar-refractivity contribution >= 4 is 28.7 Å². The summed E-state index contributed by atoms with van der Waals surface area (Å²) < 4.78 is 0. The van der Waals surface area contributed by atoms with Crippen LogP contribution in [0.3, 0.4) is 0 Å². The molecule has 2 N–H and O–H groups in total. The van der Waals surface area contributed by atoms with Gasteiger partial charge in [0.2, 0.25) is 0 Å². The maximum atomic E-state index is 12.7. The highest BCUT2D eigenvalue weighted by molar-refractivity contribution is 6.05. The number of aryl methyl sites for hydroxylation is 2. The van der Waals surface area contributed by atoms with Gasteiger partial charge in [0, 0.05) is 36.3 Å². The highest BCUT2D eigenvalue weighted by atomic mass is 16.1. The molecule has 2 aromatic carbocycles.